The van der Waals surface area contributed by atoms with Gasteiger partial charge in [-0.15, -0.1) is 0 Å². The van der Waals surface area contributed by atoms with E-state index in [-0.39, 0.29) is 0 Å². The lowest BCUT2D eigenvalue weighted by atomic mass is 9.95. The van der Waals surface area contributed by atoms with Crippen LogP contribution in [0, 0.1) is 0 Å². The van der Waals surface area contributed by atoms with Crippen molar-refractivity contribution in [3.63, 3.8) is 0 Å². The number of nitrogens with zero attached hydrogens (tertiary/aromatic N) is 1. The van der Waals surface area contributed by atoms with Crippen LogP contribution in [0.5, 0.6) is 0 Å². The van der Waals surface area contributed by atoms with Crippen molar-refractivity contribution >= 4 is 0 Å². The van der Waals surface area contributed by atoms with E-state index in [0.29, 0.717) is 24.7 Å². The lowest BCUT2D eigenvalue weighted by Crippen LogP contribution is -2.50. The topological polar surface area (TPSA) is 23.5 Å². The summed E-state index contributed by atoms with van der Waals surface area (Å²) in [5, 5.41) is 9.19. The summed E-state index contributed by atoms with van der Waals surface area (Å²) >= 11 is 0. The average molecular weight is 171 g/mol. The van der Waals surface area contributed by atoms with E-state index >= 15 is 0 Å². The molecule has 1 fully saturated rings. The molecular weight excluding hydrogens is 150 g/mol. The number of hydrogen-bond acceptors (Lipinski definition) is 2. The van der Waals surface area contributed by atoms with Gasteiger partial charge in [0.05, 0.1) is 6.61 Å². The average Bonchev–Trinajstić information content (AvgIpc) is 2.03. The maximum atomic E-state index is 9.19. The van der Waals surface area contributed by atoms with Gasteiger partial charge in [0.1, 0.15) is 0 Å². The van der Waals surface area contributed by atoms with E-state index in [0.717, 1.165) is 0 Å². The third-order valence-electron chi connectivity index (χ3n) is 2.90. The molecule has 2 unspecified atom stereocenters. The Balaban J connectivity index is 2.59. The molecule has 2 heteroatoms. The Hall–Kier alpha value is -0.0800. The molecule has 1 aliphatic rings. The van der Waals surface area contributed by atoms with Crippen molar-refractivity contribution in [2.75, 3.05) is 6.61 Å². The van der Waals surface area contributed by atoms with Gasteiger partial charge in [0, 0.05) is 18.1 Å². The third-order valence-corrected chi connectivity index (χ3v) is 2.90. The molecule has 0 radical (unpaired) electrons. The van der Waals surface area contributed by atoms with Gasteiger partial charge < -0.3 is 5.11 Å². The summed E-state index contributed by atoms with van der Waals surface area (Å²) < 4.78 is 0. The van der Waals surface area contributed by atoms with Crippen molar-refractivity contribution in [3.8, 4) is 0 Å². The predicted octanol–water partition coefficient (Wildman–Crippen LogP) is 1.63. The van der Waals surface area contributed by atoms with E-state index in [4.69, 9.17) is 0 Å². The highest BCUT2D eigenvalue weighted by Gasteiger charge is 2.28. The second-order valence-corrected chi connectivity index (χ2v) is 4.16. The fourth-order valence-corrected chi connectivity index (χ4v) is 2.42. The zero-order chi connectivity index (χ0) is 9.14. The number of hydrogen-bond donors (Lipinski definition) is 1. The van der Waals surface area contributed by atoms with Gasteiger partial charge in [0.25, 0.3) is 0 Å². The van der Waals surface area contributed by atoms with Gasteiger partial charge in [-0.25, -0.2) is 0 Å². The maximum Gasteiger partial charge on any atom is 0.0587 e. The molecule has 0 aromatic heterocycles. The molecule has 1 N–H and O–H groups in total. The zero-order valence-electron chi connectivity index (χ0n) is 8.45. The molecule has 1 aliphatic heterocycles. The molecule has 0 bridgehead atoms. The second kappa shape index (κ2) is 4.24. The number of piperidine rings is 1. The quantitative estimate of drug-likeness (QED) is 0.682. The fraction of sp³-hybridized carbons (Fsp3) is 1.00. The summed E-state index contributed by atoms with van der Waals surface area (Å²) in [4.78, 5) is 2.45. The molecule has 2 atom stereocenters. The molecule has 12 heavy (non-hydrogen) atoms. The smallest absolute Gasteiger partial charge is 0.0587 e. The molecule has 0 aliphatic carbocycles. The van der Waals surface area contributed by atoms with Gasteiger partial charge in [0.2, 0.25) is 0 Å². The molecule has 72 valence electrons. The third kappa shape index (κ3) is 1.99. The van der Waals surface area contributed by atoms with Gasteiger partial charge in [0.15, 0.2) is 0 Å². The van der Waals surface area contributed by atoms with Crippen molar-refractivity contribution < 1.29 is 5.11 Å². The lowest BCUT2D eigenvalue weighted by Gasteiger charge is -2.42. The summed E-state index contributed by atoms with van der Waals surface area (Å²) in [6.07, 6.45) is 3.73. The first-order valence-corrected chi connectivity index (χ1v) is 5.05. The molecule has 1 saturated heterocycles. The Morgan fingerprint density at radius 3 is 2.50 bits per heavy atom. The molecule has 0 aromatic rings. The van der Waals surface area contributed by atoms with Crippen molar-refractivity contribution in [1.82, 2.24) is 4.90 Å². The molecule has 1 rings (SSSR count). The normalized spacial score (nSPS) is 32.8. The van der Waals surface area contributed by atoms with Crippen LogP contribution in [0.25, 0.3) is 0 Å². The van der Waals surface area contributed by atoms with Gasteiger partial charge in [-0.1, -0.05) is 6.42 Å². The highest BCUT2D eigenvalue weighted by Crippen LogP contribution is 2.24. The molecule has 0 amide bonds. The van der Waals surface area contributed by atoms with Gasteiger partial charge >= 0.3 is 0 Å². The molecule has 0 aromatic carbocycles. The van der Waals surface area contributed by atoms with Crippen molar-refractivity contribution in [2.24, 2.45) is 0 Å². The fourth-order valence-electron chi connectivity index (χ4n) is 2.42. The van der Waals surface area contributed by atoms with E-state index in [1.807, 2.05) is 0 Å². The monoisotopic (exact) mass is 171 g/mol. The number of aliphatic hydroxyl groups excluding tert-OH is 1. The Bertz CT molecular complexity index is 136. The highest BCUT2D eigenvalue weighted by atomic mass is 16.3. The maximum absolute atomic E-state index is 9.19. The first-order chi connectivity index (χ1) is 5.66. The first kappa shape index (κ1) is 10.0. The SMILES string of the molecule is CC(C)N1C(C)CCCC1CO. The van der Waals surface area contributed by atoms with E-state index < -0.39 is 0 Å². The summed E-state index contributed by atoms with van der Waals surface area (Å²) in [7, 11) is 0. The van der Waals surface area contributed by atoms with E-state index in [2.05, 4.69) is 25.7 Å². The number of aliphatic hydroxyl groups is 1. The number of rotatable bonds is 2. The van der Waals surface area contributed by atoms with Crippen LogP contribution in [0.3, 0.4) is 0 Å². The van der Waals surface area contributed by atoms with Crippen LogP contribution in [0.15, 0.2) is 0 Å². The van der Waals surface area contributed by atoms with Gasteiger partial charge in [-0.3, -0.25) is 4.90 Å². The summed E-state index contributed by atoms with van der Waals surface area (Å²) in [5.41, 5.74) is 0. The van der Waals surface area contributed by atoms with Crippen LogP contribution in [-0.4, -0.2) is 34.7 Å². The molecule has 0 saturated carbocycles. The van der Waals surface area contributed by atoms with Crippen LogP contribution >= 0.6 is 0 Å². The molecule has 1 heterocycles. The van der Waals surface area contributed by atoms with Crippen molar-refractivity contribution in [3.05, 3.63) is 0 Å². The van der Waals surface area contributed by atoms with Crippen LogP contribution < -0.4 is 0 Å². The van der Waals surface area contributed by atoms with Gasteiger partial charge in [-0.05, 0) is 33.6 Å². The largest absolute Gasteiger partial charge is 0.395 e. The first-order valence-electron chi connectivity index (χ1n) is 5.05. The van der Waals surface area contributed by atoms with Crippen LogP contribution in [0.1, 0.15) is 40.0 Å². The number of likely N-dealkylation sites (tertiary alicyclic amines) is 1. The highest BCUT2D eigenvalue weighted by molar-refractivity contribution is 4.83. The van der Waals surface area contributed by atoms with Gasteiger partial charge in [-0.2, -0.15) is 0 Å². The zero-order valence-corrected chi connectivity index (χ0v) is 8.45. The Morgan fingerprint density at radius 1 is 1.42 bits per heavy atom. The van der Waals surface area contributed by atoms with Crippen LogP contribution in [-0.2, 0) is 0 Å². The van der Waals surface area contributed by atoms with E-state index in [9.17, 15) is 5.11 Å². The minimum atomic E-state index is 0.322. The van der Waals surface area contributed by atoms with Crippen molar-refractivity contribution in [1.29, 1.82) is 0 Å². The molecular formula is C10H21NO. The summed E-state index contributed by atoms with van der Waals surface area (Å²) in [6.45, 7) is 7.01. The van der Waals surface area contributed by atoms with E-state index in [1.54, 1.807) is 0 Å². The minimum Gasteiger partial charge on any atom is -0.395 e. The second-order valence-electron chi connectivity index (χ2n) is 4.16. The Labute approximate surface area is 75.6 Å². The summed E-state index contributed by atoms with van der Waals surface area (Å²) in [5.74, 6) is 0. The minimum absolute atomic E-state index is 0.322. The standard InChI is InChI=1S/C10H21NO/c1-8(2)11-9(3)5-4-6-10(11)7-12/h8-10,12H,4-7H2,1-3H3. The summed E-state index contributed by atoms with van der Waals surface area (Å²) in [6, 6.07) is 1.63. The Morgan fingerprint density at radius 2 is 2.08 bits per heavy atom. The van der Waals surface area contributed by atoms with E-state index in [1.165, 1.54) is 19.3 Å². The lowest BCUT2D eigenvalue weighted by molar-refractivity contribution is 0.0269. The molecule has 2 nitrogen and oxygen atoms in total. The van der Waals surface area contributed by atoms with Crippen molar-refractivity contribution in [2.45, 2.75) is 58.2 Å². The van der Waals surface area contributed by atoms with Crippen LogP contribution in [0.4, 0.5) is 0 Å². The molecule has 0 spiro atoms. The predicted molar refractivity (Wildman–Crippen MR) is 51.2 cm³/mol. The van der Waals surface area contributed by atoms with Crippen LogP contribution in [0.2, 0.25) is 0 Å². The Kier molecular flexibility index (Phi) is 3.53.